The minimum atomic E-state index is -0.226. The maximum absolute atomic E-state index is 13.4. The lowest BCUT2D eigenvalue weighted by Crippen LogP contribution is -2.52. The Bertz CT molecular complexity index is 678. The Balaban J connectivity index is 1.62. The van der Waals surface area contributed by atoms with Crippen LogP contribution in [0.25, 0.3) is 0 Å². The molecule has 1 heterocycles. The van der Waals surface area contributed by atoms with Crippen LogP contribution in [0.15, 0.2) is 48.5 Å². The Morgan fingerprint density at radius 1 is 0.920 bits per heavy atom. The van der Waals surface area contributed by atoms with E-state index in [4.69, 9.17) is 0 Å². The first-order chi connectivity index (χ1) is 12.1. The van der Waals surface area contributed by atoms with Crippen molar-refractivity contribution in [2.24, 2.45) is 0 Å². The second kappa shape index (κ2) is 8.52. The molecule has 3 rings (SSSR count). The van der Waals surface area contributed by atoms with Crippen molar-refractivity contribution in [1.82, 2.24) is 9.80 Å². The number of aliphatic hydroxyl groups is 1. The molecule has 2 aromatic rings. The largest absolute Gasteiger partial charge is 0.396 e. The molecule has 0 radical (unpaired) electrons. The zero-order valence-electron chi connectivity index (χ0n) is 14.2. The van der Waals surface area contributed by atoms with Crippen LogP contribution in [0.2, 0.25) is 0 Å². The van der Waals surface area contributed by atoms with Crippen molar-refractivity contribution >= 4 is 0 Å². The molecule has 0 aliphatic carbocycles. The number of nitrogens with zero attached hydrogens (tertiary/aromatic N) is 2. The molecule has 2 aromatic carbocycles. The van der Waals surface area contributed by atoms with Crippen LogP contribution >= 0.6 is 0 Å². The van der Waals surface area contributed by atoms with E-state index in [0.717, 1.165) is 37.3 Å². The Morgan fingerprint density at radius 2 is 1.72 bits per heavy atom. The third-order valence-corrected chi connectivity index (χ3v) is 4.75. The van der Waals surface area contributed by atoms with Crippen LogP contribution in [-0.2, 0) is 13.1 Å². The number of piperazine rings is 1. The summed E-state index contributed by atoms with van der Waals surface area (Å²) in [4.78, 5) is 4.64. The van der Waals surface area contributed by atoms with Gasteiger partial charge in [-0.1, -0.05) is 24.3 Å². The van der Waals surface area contributed by atoms with Crippen LogP contribution in [0, 0.1) is 11.6 Å². The molecule has 0 unspecified atom stereocenters. The van der Waals surface area contributed by atoms with Gasteiger partial charge in [0.1, 0.15) is 11.6 Å². The van der Waals surface area contributed by atoms with E-state index in [1.165, 1.54) is 18.2 Å². The van der Waals surface area contributed by atoms with Gasteiger partial charge in [0.25, 0.3) is 0 Å². The first-order valence-electron chi connectivity index (χ1n) is 8.70. The average Bonchev–Trinajstić information content (AvgIpc) is 2.59. The normalized spacial score (nSPS) is 19.2. The first kappa shape index (κ1) is 18.0. The summed E-state index contributed by atoms with van der Waals surface area (Å²) < 4.78 is 26.4. The summed E-state index contributed by atoms with van der Waals surface area (Å²) in [5.74, 6) is -0.435. The number of hydrogen-bond donors (Lipinski definition) is 1. The molecule has 0 saturated carbocycles. The molecule has 0 amide bonds. The van der Waals surface area contributed by atoms with Gasteiger partial charge in [0.2, 0.25) is 0 Å². The summed E-state index contributed by atoms with van der Waals surface area (Å²) in [6.45, 7) is 4.19. The molecule has 3 nitrogen and oxygen atoms in total. The first-order valence-corrected chi connectivity index (χ1v) is 8.70. The molecule has 25 heavy (non-hydrogen) atoms. The molecule has 0 aromatic heterocycles. The maximum Gasteiger partial charge on any atom is 0.123 e. The van der Waals surface area contributed by atoms with Gasteiger partial charge < -0.3 is 5.11 Å². The van der Waals surface area contributed by atoms with Crippen molar-refractivity contribution in [3.8, 4) is 0 Å². The minimum absolute atomic E-state index is 0.137. The molecule has 1 fully saturated rings. The van der Waals surface area contributed by atoms with E-state index in [2.05, 4.69) is 9.80 Å². The van der Waals surface area contributed by atoms with Gasteiger partial charge in [0.05, 0.1) is 0 Å². The summed E-state index contributed by atoms with van der Waals surface area (Å²) in [7, 11) is 0. The van der Waals surface area contributed by atoms with Crippen molar-refractivity contribution in [3.63, 3.8) is 0 Å². The lowest BCUT2D eigenvalue weighted by molar-refractivity contribution is 0.0499. The fourth-order valence-electron chi connectivity index (χ4n) is 3.45. The third-order valence-electron chi connectivity index (χ3n) is 4.75. The number of hydrogen-bond acceptors (Lipinski definition) is 3. The Labute approximate surface area is 147 Å². The molecule has 1 aliphatic heterocycles. The highest BCUT2D eigenvalue weighted by atomic mass is 19.1. The van der Waals surface area contributed by atoms with E-state index in [-0.39, 0.29) is 24.3 Å². The highest BCUT2D eigenvalue weighted by molar-refractivity contribution is 5.17. The Hall–Kier alpha value is -1.82. The van der Waals surface area contributed by atoms with E-state index >= 15 is 0 Å². The smallest absolute Gasteiger partial charge is 0.123 e. The third kappa shape index (κ3) is 5.08. The molecule has 1 aliphatic rings. The van der Waals surface area contributed by atoms with Gasteiger partial charge >= 0.3 is 0 Å². The molecule has 1 N–H and O–H groups in total. The highest BCUT2D eigenvalue weighted by Gasteiger charge is 2.26. The number of halogens is 2. The average molecular weight is 346 g/mol. The maximum atomic E-state index is 13.4. The monoisotopic (exact) mass is 346 g/mol. The highest BCUT2D eigenvalue weighted by Crippen LogP contribution is 2.19. The predicted molar refractivity (Wildman–Crippen MR) is 94.0 cm³/mol. The predicted octanol–water partition coefficient (Wildman–Crippen LogP) is 3.03. The fraction of sp³-hybridized carbons (Fsp3) is 0.400. The van der Waals surface area contributed by atoms with Crippen LogP contribution < -0.4 is 0 Å². The zero-order valence-corrected chi connectivity index (χ0v) is 14.2. The van der Waals surface area contributed by atoms with Gasteiger partial charge in [-0.25, -0.2) is 8.78 Å². The van der Waals surface area contributed by atoms with Crippen LogP contribution in [-0.4, -0.2) is 47.2 Å². The molecule has 5 heteroatoms. The molecule has 1 atom stereocenters. The number of rotatable bonds is 6. The van der Waals surface area contributed by atoms with Crippen molar-refractivity contribution in [1.29, 1.82) is 0 Å². The van der Waals surface area contributed by atoms with Gasteiger partial charge in [-0.05, 0) is 41.8 Å². The van der Waals surface area contributed by atoms with E-state index in [9.17, 15) is 13.9 Å². The lowest BCUT2D eigenvalue weighted by Gasteiger charge is -2.41. The second-order valence-corrected chi connectivity index (χ2v) is 6.63. The SMILES string of the molecule is OCC[C@@H]1CN(Cc2cccc(F)c2)CCN1Cc1ccc(F)cc1. The lowest BCUT2D eigenvalue weighted by atomic mass is 10.1. The second-order valence-electron chi connectivity index (χ2n) is 6.63. The van der Waals surface area contributed by atoms with E-state index < -0.39 is 0 Å². The summed E-state index contributed by atoms with van der Waals surface area (Å²) in [6, 6.07) is 13.5. The topological polar surface area (TPSA) is 26.7 Å². The van der Waals surface area contributed by atoms with Crippen LogP contribution in [0.3, 0.4) is 0 Å². The van der Waals surface area contributed by atoms with Crippen LogP contribution in [0.4, 0.5) is 8.78 Å². The summed E-state index contributed by atoms with van der Waals surface area (Å²) >= 11 is 0. The minimum Gasteiger partial charge on any atom is -0.396 e. The molecular formula is C20H24F2N2O. The molecule has 1 saturated heterocycles. The molecule has 0 spiro atoms. The standard InChI is InChI=1S/C20H24F2N2O/c21-18-6-4-16(5-7-18)14-24-10-9-23(15-20(24)8-11-25)13-17-2-1-3-19(22)12-17/h1-7,12,20,25H,8-11,13-15H2/t20-/m1/s1. The van der Waals surface area contributed by atoms with Crippen molar-refractivity contribution in [3.05, 3.63) is 71.3 Å². The fourth-order valence-corrected chi connectivity index (χ4v) is 3.45. The van der Waals surface area contributed by atoms with Gasteiger partial charge in [-0.3, -0.25) is 9.80 Å². The van der Waals surface area contributed by atoms with Crippen molar-refractivity contribution in [2.75, 3.05) is 26.2 Å². The van der Waals surface area contributed by atoms with Crippen LogP contribution in [0.5, 0.6) is 0 Å². The quantitative estimate of drug-likeness (QED) is 0.871. The Kier molecular flexibility index (Phi) is 6.13. The van der Waals surface area contributed by atoms with E-state index in [1.807, 2.05) is 18.2 Å². The molecule has 134 valence electrons. The number of benzene rings is 2. The molecule has 0 bridgehead atoms. The summed E-state index contributed by atoms with van der Waals surface area (Å²) in [5.41, 5.74) is 2.04. The van der Waals surface area contributed by atoms with Gasteiger partial charge in [0, 0.05) is 45.4 Å². The summed E-state index contributed by atoms with van der Waals surface area (Å²) in [6.07, 6.45) is 0.695. The molecular weight excluding hydrogens is 322 g/mol. The van der Waals surface area contributed by atoms with Crippen LogP contribution in [0.1, 0.15) is 17.5 Å². The van der Waals surface area contributed by atoms with Crippen molar-refractivity contribution in [2.45, 2.75) is 25.6 Å². The van der Waals surface area contributed by atoms with Crippen molar-refractivity contribution < 1.29 is 13.9 Å². The number of aliphatic hydroxyl groups excluding tert-OH is 1. The Morgan fingerprint density at radius 3 is 2.44 bits per heavy atom. The summed E-state index contributed by atoms with van der Waals surface area (Å²) in [5, 5.41) is 9.41. The van der Waals surface area contributed by atoms with Gasteiger partial charge in [-0.15, -0.1) is 0 Å². The van der Waals surface area contributed by atoms with E-state index in [0.29, 0.717) is 13.0 Å². The zero-order chi connectivity index (χ0) is 17.6. The van der Waals surface area contributed by atoms with E-state index in [1.54, 1.807) is 12.1 Å². The van der Waals surface area contributed by atoms with Gasteiger partial charge in [0.15, 0.2) is 0 Å². The van der Waals surface area contributed by atoms with Gasteiger partial charge in [-0.2, -0.15) is 0 Å².